The number of benzene rings is 1. The number of carboxylic acid groups (broad SMARTS) is 1. The number of aryl methyl sites for hydroxylation is 2. The van der Waals surface area contributed by atoms with Gasteiger partial charge in [0, 0.05) is 30.7 Å². The zero-order chi connectivity index (χ0) is 16.8. The Labute approximate surface area is 157 Å². The Morgan fingerprint density at radius 2 is 2.04 bits per heavy atom. The Hall–Kier alpha value is -2.55. The number of nitrogens with zero attached hydrogens (tertiary/aromatic N) is 4. The van der Waals surface area contributed by atoms with Gasteiger partial charge in [0.25, 0.3) is 0 Å². The van der Waals surface area contributed by atoms with Gasteiger partial charge in [0.05, 0.1) is 11.3 Å². The fraction of sp³-hybridized carbons (Fsp3) is 0.167. The van der Waals surface area contributed by atoms with Crippen LogP contribution in [0.2, 0.25) is 0 Å². The third-order valence-electron chi connectivity index (χ3n) is 4.31. The van der Waals surface area contributed by atoms with Crippen molar-refractivity contribution in [3.63, 3.8) is 0 Å². The number of pyridine rings is 1. The number of carbonyl (C=O) groups is 1. The van der Waals surface area contributed by atoms with Gasteiger partial charge in [0.1, 0.15) is 5.52 Å². The first kappa shape index (κ1) is 17.3. The van der Waals surface area contributed by atoms with E-state index >= 15 is 0 Å². The number of imidazole rings is 1. The number of carboxylic acids is 1. The van der Waals surface area contributed by atoms with Crippen molar-refractivity contribution in [1.82, 2.24) is 19.1 Å². The summed E-state index contributed by atoms with van der Waals surface area (Å²) in [5, 5.41) is 10.3. The monoisotopic (exact) mass is 328 g/mol. The Morgan fingerprint density at radius 1 is 1.28 bits per heavy atom. The second-order valence-electron chi connectivity index (χ2n) is 5.70. The first-order chi connectivity index (χ1) is 11.6. The minimum Gasteiger partial charge on any atom is -1.00 e. The van der Waals surface area contributed by atoms with E-state index in [1.54, 1.807) is 6.07 Å². The van der Waals surface area contributed by atoms with Crippen molar-refractivity contribution in [2.45, 2.75) is 13.5 Å². The number of fused-ring (bicyclic) bond motifs is 2. The van der Waals surface area contributed by atoms with Crippen molar-refractivity contribution in [3.8, 4) is 11.5 Å². The molecule has 3 aromatic heterocycles. The molecule has 0 spiro atoms. The minimum absolute atomic E-state index is 0. The van der Waals surface area contributed by atoms with E-state index in [-0.39, 0.29) is 25.9 Å². The molecule has 0 amide bonds. The van der Waals surface area contributed by atoms with Crippen LogP contribution in [0.15, 0.2) is 42.6 Å². The van der Waals surface area contributed by atoms with Crippen LogP contribution >= 0.6 is 0 Å². The Balaban J connectivity index is 0.00000121. The van der Waals surface area contributed by atoms with Gasteiger partial charge < -0.3 is 15.7 Å². The zero-order valence-electron chi connectivity index (χ0n) is 15.4. The van der Waals surface area contributed by atoms with Gasteiger partial charge in [-0.2, -0.15) is 0 Å². The van der Waals surface area contributed by atoms with Crippen molar-refractivity contribution >= 4 is 28.0 Å². The molecule has 0 bridgehead atoms. The fourth-order valence-electron chi connectivity index (χ4n) is 3.16. The molecule has 0 aliphatic carbocycles. The molecule has 25 heavy (non-hydrogen) atoms. The van der Waals surface area contributed by atoms with Crippen molar-refractivity contribution in [1.29, 1.82) is 0 Å². The van der Waals surface area contributed by atoms with E-state index in [0.29, 0.717) is 11.2 Å². The summed E-state index contributed by atoms with van der Waals surface area (Å²) in [4.78, 5) is 20.1. The number of aromatic carboxylic acids is 1. The van der Waals surface area contributed by atoms with Crippen LogP contribution < -0.4 is 18.9 Å². The third-order valence-corrected chi connectivity index (χ3v) is 4.31. The van der Waals surface area contributed by atoms with Crippen LogP contribution in [-0.2, 0) is 13.6 Å². The van der Waals surface area contributed by atoms with Gasteiger partial charge in [0.15, 0.2) is 11.5 Å². The summed E-state index contributed by atoms with van der Waals surface area (Å²) in [5.74, 6) is -0.225. The molecule has 0 radical (unpaired) electrons. The second-order valence-corrected chi connectivity index (χ2v) is 5.70. The van der Waals surface area contributed by atoms with E-state index in [0.717, 1.165) is 29.0 Å². The maximum atomic E-state index is 11.1. The molecule has 0 aliphatic rings. The Kier molecular flexibility index (Phi) is 4.42. The SMILES string of the molecule is CCn1c(-c2nc3cc(C(=O)O)cnc3n2C)cc2ccccc21.[H-].[Li+]. The predicted octanol–water partition coefficient (Wildman–Crippen LogP) is 0.425. The predicted molar refractivity (Wildman–Crippen MR) is 93.2 cm³/mol. The molecule has 7 heteroatoms. The summed E-state index contributed by atoms with van der Waals surface area (Å²) in [6.07, 6.45) is 1.37. The summed E-state index contributed by atoms with van der Waals surface area (Å²) in [6.45, 7) is 2.92. The topological polar surface area (TPSA) is 72.9 Å². The van der Waals surface area contributed by atoms with Crippen LogP contribution in [0.1, 0.15) is 18.7 Å². The second kappa shape index (κ2) is 6.39. The van der Waals surface area contributed by atoms with Gasteiger partial charge in [-0.05, 0) is 25.1 Å². The van der Waals surface area contributed by atoms with Crippen LogP contribution in [0.5, 0.6) is 0 Å². The zero-order valence-corrected chi connectivity index (χ0v) is 14.4. The first-order valence-electron chi connectivity index (χ1n) is 7.74. The molecule has 4 rings (SSSR count). The van der Waals surface area contributed by atoms with Crippen LogP contribution in [0, 0.1) is 0 Å². The number of hydrogen-bond donors (Lipinski definition) is 1. The molecular weight excluding hydrogens is 311 g/mol. The molecule has 6 nitrogen and oxygen atoms in total. The van der Waals surface area contributed by atoms with Crippen LogP contribution in [-0.4, -0.2) is 30.2 Å². The van der Waals surface area contributed by atoms with Gasteiger partial charge in [-0.3, -0.25) is 0 Å². The van der Waals surface area contributed by atoms with Gasteiger partial charge in [0.2, 0.25) is 0 Å². The summed E-state index contributed by atoms with van der Waals surface area (Å²) in [6, 6.07) is 11.9. The van der Waals surface area contributed by atoms with E-state index in [4.69, 9.17) is 5.11 Å². The third kappa shape index (κ3) is 2.64. The van der Waals surface area contributed by atoms with E-state index in [2.05, 4.69) is 39.7 Å². The maximum Gasteiger partial charge on any atom is 1.00 e. The largest absolute Gasteiger partial charge is 1.00 e. The molecular formula is C18H17LiN4O2. The number of rotatable bonds is 3. The van der Waals surface area contributed by atoms with E-state index in [9.17, 15) is 4.79 Å². The molecule has 0 saturated carbocycles. The van der Waals surface area contributed by atoms with E-state index in [1.165, 1.54) is 6.20 Å². The molecule has 1 aromatic carbocycles. The van der Waals surface area contributed by atoms with Gasteiger partial charge in [-0.15, -0.1) is 0 Å². The number of aromatic nitrogens is 4. The van der Waals surface area contributed by atoms with E-state index < -0.39 is 5.97 Å². The molecule has 0 fully saturated rings. The minimum atomic E-state index is -1.00. The maximum absolute atomic E-state index is 11.1. The van der Waals surface area contributed by atoms with Crippen molar-refractivity contribution in [2.24, 2.45) is 7.05 Å². The Bertz CT molecular complexity index is 1100. The summed E-state index contributed by atoms with van der Waals surface area (Å²) >= 11 is 0. The average Bonchev–Trinajstić information content (AvgIpc) is 3.12. The van der Waals surface area contributed by atoms with Crippen molar-refractivity contribution < 1.29 is 30.2 Å². The summed E-state index contributed by atoms with van der Waals surface area (Å²) < 4.78 is 4.11. The molecule has 0 saturated heterocycles. The molecule has 0 aliphatic heterocycles. The normalized spacial score (nSPS) is 11.0. The standard InChI is InChI=1S/C18H16N4O2.Li.H/c1-3-22-14-7-5-4-6-11(14)9-15(22)17-20-13-8-12(18(23)24)10-19-16(13)21(17)2;;/h4-10H,3H2,1-2H3,(H,23,24);;/q;+1;-1. The smallest absolute Gasteiger partial charge is 1.00 e. The summed E-state index contributed by atoms with van der Waals surface area (Å²) in [5.41, 5.74) is 3.55. The molecule has 0 atom stereocenters. The molecule has 4 aromatic rings. The van der Waals surface area contributed by atoms with Gasteiger partial charge in [-0.25, -0.2) is 14.8 Å². The quantitative estimate of drug-likeness (QED) is 0.554. The van der Waals surface area contributed by atoms with Crippen LogP contribution in [0.3, 0.4) is 0 Å². The first-order valence-corrected chi connectivity index (χ1v) is 7.74. The molecule has 122 valence electrons. The fourth-order valence-corrected chi connectivity index (χ4v) is 3.16. The molecule has 0 unspecified atom stereocenters. The summed E-state index contributed by atoms with van der Waals surface area (Å²) in [7, 11) is 1.90. The Morgan fingerprint density at radius 3 is 2.76 bits per heavy atom. The average molecular weight is 328 g/mol. The van der Waals surface area contributed by atoms with Crippen molar-refractivity contribution in [3.05, 3.63) is 48.2 Å². The van der Waals surface area contributed by atoms with Crippen LogP contribution in [0.4, 0.5) is 0 Å². The molecule has 3 heterocycles. The molecule has 1 N–H and O–H groups in total. The number of para-hydroxylation sites is 1. The van der Waals surface area contributed by atoms with Crippen LogP contribution in [0.25, 0.3) is 33.6 Å². The van der Waals surface area contributed by atoms with Gasteiger partial charge in [-0.1, -0.05) is 18.2 Å². The van der Waals surface area contributed by atoms with Gasteiger partial charge >= 0.3 is 24.8 Å². The van der Waals surface area contributed by atoms with Crippen molar-refractivity contribution in [2.75, 3.05) is 0 Å². The number of hydrogen-bond acceptors (Lipinski definition) is 3. The van der Waals surface area contributed by atoms with E-state index in [1.807, 2.05) is 23.7 Å².